The minimum Gasteiger partial charge on any atom is -0.309 e. The molecule has 1 spiro atoms. The van der Waals surface area contributed by atoms with E-state index in [1.54, 1.807) is 0 Å². The molecule has 1 atom stereocenters. The van der Waals surface area contributed by atoms with Crippen LogP contribution in [0.1, 0.15) is 22.3 Å². The maximum Gasteiger partial charge on any atom is 0.0754 e. The highest BCUT2D eigenvalue weighted by molar-refractivity contribution is 6.13. The Morgan fingerprint density at radius 2 is 0.881 bits per heavy atom. The number of aromatic nitrogens is 1. The molecule has 1 aliphatic heterocycles. The van der Waals surface area contributed by atoms with Crippen LogP contribution in [0.2, 0.25) is 0 Å². The third-order valence-corrected chi connectivity index (χ3v) is 14.6. The lowest BCUT2D eigenvalue weighted by Gasteiger charge is -2.39. The quantitative estimate of drug-likeness (QED) is 0.162. The standard InChI is InChI=1S/C65H42N2/c1-3-19-43(20-4-1)44-21-17-22-45(41-44)49-25-10-14-34-60(49)66(47-23-5-2-6-24-47)62-40-39-48(50-26-7-8-28-53(50)62)46-37-38-52-51-27-9-12-31-56(51)65(59(52)42-46)57-32-13-16-36-63(57)67-61-35-15-11-29-54(61)55-30-18-33-58(65)64(55)67/h1-42H. The average Bonchev–Trinajstić information content (AvgIpc) is 3.90. The summed E-state index contributed by atoms with van der Waals surface area (Å²) in [6.45, 7) is 0. The summed E-state index contributed by atoms with van der Waals surface area (Å²) in [5.74, 6) is 0. The molecule has 1 aliphatic carbocycles. The van der Waals surface area contributed by atoms with E-state index in [0.717, 1.165) is 17.1 Å². The highest BCUT2D eigenvalue weighted by Gasteiger charge is 2.50. The van der Waals surface area contributed by atoms with Crippen molar-refractivity contribution in [3.05, 3.63) is 277 Å². The lowest BCUT2D eigenvalue weighted by atomic mass is 9.65. The third kappa shape index (κ3) is 5.39. The largest absolute Gasteiger partial charge is 0.309 e. The molecule has 0 radical (unpaired) electrons. The Morgan fingerprint density at radius 3 is 1.75 bits per heavy atom. The third-order valence-electron chi connectivity index (χ3n) is 14.6. The van der Waals surface area contributed by atoms with E-state index >= 15 is 0 Å². The van der Waals surface area contributed by atoms with Crippen molar-refractivity contribution in [2.45, 2.75) is 5.41 Å². The van der Waals surface area contributed by atoms with Crippen LogP contribution < -0.4 is 4.90 Å². The number of rotatable bonds is 6. The molecule has 12 aromatic rings. The van der Waals surface area contributed by atoms with E-state index in [4.69, 9.17) is 0 Å². The topological polar surface area (TPSA) is 8.17 Å². The fraction of sp³-hybridized carbons (Fsp3) is 0.0154. The Hall–Kier alpha value is -8.72. The van der Waals surface area contributed by atoms with Gasteiger partial charge in [0.15, 0.2) is 0 Å². The van der Waals surface area contributed by atoms with Gasteiger partial charge in [0.1, 0.15) is 0 Å². The molecule has 2 heterocycles. The molecule has 2 nitrogen and oxygen atoms in total. The number of hydrogen-bond donors (Lipinski definition) is 0. The number of nitrogens with zero attached hydrogens (tertiary/aromatic N) is 2. The van der Waals surface area contributed by atoms with E-state index in [-0.39, 0.29) is 0 Å². The number of anilines is 3. The highest BCUT2D eigenvalue weighted by atomic mass is 15.1. The summed E-state index contributed by atoms with van der Waals surface area (Å²) in [6.07, 6.45) is 0. The van der Waals surface area contributed by atoms with Crippen LogP contribution in [0.15, 0.2) is 255 Å². The van der Waals surface area contributed by atoms with Crippen molar-refractivity contribution >= 4 is 49.6 Å². The summed E-state index contributed by atoms with van der Waals surface area (Å²) in [7, 11) is 0. The van der Waals surface area contributed by atoms with E-state index in [9.17, 15) is 0 Å². The zero-order chi connectivity index (χ0) is 44.1. The molecule has 0 saturated heterocycles. The molecule has 1 aromatic heterocycles. The zero-order valence-corrected chi connectivity index (χ0v) is 36.6. The Balaban J connectivity index is 0.983. The minimum atomic E-state index is -0.524. The van der Waals surface area contributed by atoms with E-state index in [0.29, 0.717) is 0 Å². The summed E-state index contributed by atoms with van der Waals surface area (Å²) >= 11 is 0. The van der Waals surface area contributed by atoms with E-state index in [1.807, 2.05) is 0 Å². The van der Waals surface area contributed by atoms with Gasteiger partial charge in [0, 0.05) is 27.4 Å². The maximum atomic E-state index is 2.52. The van der Waals surface area contributed by atoms with Gasteiger partial charge < -0.3 is 9.47 Å². The van der Waals surface area contributed by atoms with E-state index < -0.39 is 5.41 Å². The van der Waals surface area contributed by atoms with Gasteiger partial charge in [-0.2, -0.15) is 0 Å². The zero-order valence-electron chi connectivity index (χ0n) is 36.6. The second kappa shape index (κ2) is 14.7. The monoisotopic (exact) mass is 850 g/mol. The molecule has 0 bridgehead atoms. The molecule has 1 unspecified atom stereocenters. The van der Waals surface area contributed by atoms with Crippen molar-refractivity contribution in [1.29, 1.82) is 0 Å². The van der Waals surface area contributed by atoms with Gasteiger partial charge in [-0.25, -0.2) is 0 Å². The van der Waals surface area contributed by atoms with Gasteiger partial charge in [-0.15, -0.1) is 0 Å². The first kappa shape index (κ1) is 37.6. The molecule has 2 heteroatoms. The van der Waals surface area contributed by atoms with Crippen LogP contribution in [0, 0.1) is 0 Å². The van der Waals surface area contributed by atoms with Gasteiger partial charge in [-0.1, -0.05) is 206 Å². The number of hydrogen-bond acceptors (Lipinski definition) is 1. The van der Waals surface area contributed by atoms with Crippen molar-refractivity contribution < 1.29 is 0 Å². The van der Waals surface area contributed by atoms with Crippen molar-refractivity contribution in [1.82, 2.24) is 4.57 Å². The lowest BCUT2D eigenvalue weighted by Crippen LogP contribution is -2.33. The molecule has 11 aromatic carbocycles. The Morgan fingerprint density at radius 1 is 0.299 bits per heavy atom. The molecule has 0 fully saturated rings. The molecule has 2 aliphatic rings. The lowest BCUT2D eigenvalue weighted by molar-refractivity contribution is 0.749. The fourth-order valence-electron chi connectivity index (χ4n) is 11.9. The Bertz CT molecular complexity index is 3940. The predicted molar refractivity (Wildman–Crippen MR) is 280 cm³/mol. The van der Waals surface area contributed by atoms with E-state index in [1.165, 1.54) is 105 Å². The Labute approximate surface area is 389 Å². The molecular formula is C65H42N2. The Kier molecular flexibility index (Phi) is 8.23. The van der Waals surface area contributed by atoms with Gasteiger partial charge >= 0.3 is 0 Å². The van der Waals surface area contributed by atoms with Crippen LogP contribution in [-0.4, -0.2) is 4.57 Å². The van der Waals surface area contributed by atoms with Crippen LogP contribution in [0.4, 0.5) is 17.1 Å². The summed E-state index contributed by atoms with van der Waals surface area (Å²) in [4.78, 5) is 2.45. The molecule has 0 N–H and O–H groups in total. The van der Waals surface area contributed by atoms with Gasteiger partial charge in [0.2, 0.25) is 0 Å². The average molecular weight is 851 g/mol. The normalized spacial score (nSPS) is 14.3. The van der Waals surface area contributed by atoms with Crippen LogP contribution in [0.5, 0.6) is 0 Å². The fourth-order valence-corrected chi connectivity index (χ4v) is 11.9. The van der Waals surface area contributed by atoms with Crippen molar-refractivity contribution in [2.24, 2.45) is 0 Å². The number of benzene rings is 11. The van der Waals surface area contributed by atoms with E-state index in [2.05, 4.69) is 264 Å². The van der Waals surface area contributed by atoms with Gasteiger partial charge in [-0.05, 0) is 115 Å². The molecular weight excluding hydrogens is 809 g/mol. The second-order valence-electron chi connectivity index (χ2n) is 17.9. The summed E-state index contributed by atoms with van der Waals surface area (Å²) in [5.41, 5.74) is 21.7. The summed E-state index contributed by atoms with van der Waals surface area (Å²) in [6, 6.07) is 94.3. The molecule has 67 heavy (non-hydrogen) atoms. The second-order valence-corrected chi connectivity index (χ2v) is 17.9. The smallest absolute Gasteiger partial charge is 0.0754 e. The summed E-state index contributed by atoms with van der Waals surface area (Å²) in [5, 5.41) is 4.97. The minimum absolute atomic E-state index is 0.524. The first-order chi connectivity index (χ1) is 33.3. The van der Waals surface area contributed by atoms with Gasteiger partial charge in [0.25, 0.3) is 0 Å². The van der Waals surface area contributed by atoms with Crippen LogP contribution in [0.3, 0.4) is 0 Å². The maximum absolute atomic E-state index is 2.52. The summed E-state index contributed by atoms with van der Waals surface area (Å²) < 4.78 is 2.52. The first-order valence-electron chi connectivity index (χ1n) is 23.3. The van der Waals surface area contributed by atoms with Gasteiger partial charge in [-0.3, -0.25) is 0 Å². The van der Waals surface area contributed by atoms with Gasteiger partial charge in [0.05, 0.1) is 33.5 Å². The highest BCUT2D eigenvalue weighted by Crippen LogP contribution is 2.61. The molecule has 14 rings (SSSR count). The molecule has 312 valence electrons. The first-order valence-corrected chi connectivity index (χ1v) is 23.3. The predicted octanol–water partition coefficient (Wildman–Crippen LogP) is 17.1. The van der Waals surface area contributed by atoms with Crippen LogP contribution in [-0.2, 0) is 5.41 Å². The van der Waals surface area contributed by atoms with Crippen molar-refractivity contribution in [3.63, 3.8) is 0 Å². The van der Waals surface area contributed by atoms with Crippen molar-refractivity contribution in [2.75, 3.05) is 4.90 Å². The molecule has 0 saturated carbocycles. The molecule has 0 amide bonds. The SMILES string of the molecule is c1ccc(-c2cccc(-c3ccccc3N(c3ccccc3)c3ccc(-c4ccc5c(c4)C4(c6ccccc6-5)c5ccccc5-n5c6ccccc6c6cccc4c65)c4ccccc34)c2)cc1. The van der Waals surface area contributed by atoms with Crippen LogP contribution in [0.25, 0.3) is 82.8 Å². The van der Waals surface area contributed by atoms with Crippen molar-refractivity contribution in [3.8, 4) is 50.2 Å². The van der Waals surface area contributed by atoms with Crippen LogP contribution >= 0.6 is 0 Å². The number of fused-ring (bicyclic) bond motifs is 13. The number of para-hydroxylation sites is 5.